The third kappa shape index (κ3) is 5.57. The van der Waals surface area contributed by atoms with Crippen LogP contribution in [-0.4, -0.2) is 50.5 Å². The molecule has 29 heavy (non-hydrogen) atoms. The van der Waals surface area contributed by atoms with E-state index < -0.39 is 6.04 Å². The number of likely N-dealkylation sites (N-methyl/N-ethyl adjacent to an activating group) is 1. The van der Waals surface area contributed by atoms with Crippen LogP contribution in [0.1, 0.15) is 30.9 Å². The molecule has 1 aliphatic heterocycles. The molecule has 154 valence electrons. The van der Waals surface area contributed by atoms with Crippen molar-refractivity contribution >= 4 is 17.5 Å². The van der Waals surface area contributed by atoms with Gasteiger partial charge in [0.15, 0.2) is 12.6 Å². The lowest BCUT2D eigenvalue weighted by Crippen LogP contribution is -3.11. The van der Waals surface area contributed by atoms with Crippen LogP contribution in [0.3, 0.4) is 0 Å². The van der Waals surface area contributed by atoms with E-state index in [2.05, 4.69) is 5.32 Å². The summed E-state index contributed by atoms with van der Waals surface area (Å²) in [6, 6.07) is 16.6. The van der Waals surface area contributed by atoms with Gasteiger partial charge < -0.3 is 19.9 Å². The fourth-order valence-corrected chi connectivity index (χ4v) is 3.82. The van der Waals surface area contributed by atoms with E-state index in [1.54, 1.807) is 31.4 Å². The molecule has 0 aromatic heterocycles. The van der Waals surface area contributed by atoms with Crippen LogP contribution in [0, 0.1) is 0 Å². The zero-order valence-corrected chi connectivity index (χ0v) is 17.2. The number of benzene rings is 2. The fourth-order valence-electron chi connectivity index (χ4n) is 3.82. The first-order chi connectivity index (χ1) is 14.1. The van der Waals surface area contributed by atoms with Crippen LogP contribution in [-0.2, 0) is 9.59 Å². The molecule has 1 fully saturated rings. The Morgan fingerprint density at radius 1 is 1.03 bits per heavy atom. The van der Waals surface area contributed by atoms with Gasteiger partial charge in [0.05, 0.1) is 14.2 Å². The normalized spacial score (nSPS) is 16.0. The van der Waals surface area contributed by atoms with E-state index in [1.807, 2.05) is 42.3 Å². The number of hydrogen-bond donors (Lipinski definition) is 2. The van der Waals surface area contributed by atoms with Crippen LogP contribution in [0.2, 0.25) is 0 Å². The molecule has 0 radical (unpaired) electrons. The van der Waals surface area contributed by atoms with Gasteiger partial charge >= 0.3 is 0 Å². The molecule has 6 heteroatoms. The summed E-state index contributed by atoms with van der Waals surface area (Å²) in [5, 5.41) is 2.91. The third-order valence-electron chi connectivity index (χ3n) is 5.35. The molecule has 1 aliphatic rings. The third-order valence-corrected chi connectivity index (χ3v) is 5.35. The Hall–Kier alpha value is -2.86. The lowest BCUT2D eigenvalue weighted by molar-refractivity contribution is -0.894. The van der Waals surface area contributed by atoms with Crippen molar-refractivity contribution in [3.63, 3.8) is 0 Å². The molecule has 2 atom stereocenters. The van der Waals surface area contributed by atoms with Crippen LogP contribution in [0.15, 0.2) is 54.6 Å². The summed E-state index contributed by atoms with van der Waals surface area (Å²) >= 11 is 0. The van der Waals surface area contributed by atoms with E-state index in [1.165, 1.54) is 6.42 Å². The topological polar surface area (TPSA) is 63.1 Å². The summed E-state index contributed by atoms with van der Waals surface area (Å²) in [7, 11) is 3.52. The Morgan fingerprint density at radius 3 is 2.31 bits per heavy atom. The quantitative estimate of drug-likeness (QED) is 0.752. The molecule has 0 aliphatic carbocycles. The van der Waals surface area contributed by atoms with Crippen molar-refractivity contribution < 1.29 is 19.2 Å². The number of methoxy groups -OCH3 is 1. The number of ether oxygens (including phenoxy) is 1. The Kier molecular flexibility index (Phi) is 7.25. The first-order valence-electron chi connectivity index (χ1n) is 10.2. The fraction of sp³-hybridized carbons (Fsp3) is 0.391. The Labute approximate surface area is 172 Å². The first-order valence-corrected chi connectivity index (χ1v) is 10.2. The maximum atomic E-state index is 13.3. The van der Waals surface area contributed by atoms with Crippen molar-refractivity contribution in [1.82, 2.24) is 4.90 Å². The van der Waals surface area contributed by atoms with Gasteiger partial charge in [0, 0.05) is 24.3 Å². The lowest BCUT2D eigenvalue weighted by atomic mass is 10.0. The molecule has 1 heterocycles. The van der Waals surface area contributed by atoms with Gasteiger partial charge in [0.2, 0.25) is 0 Å². The molecular formula is C23H30N3O3+. The highest BCUT2D eigenvalue weighted by Crippen LogP contribution is 2.17. The largest absolute Gasteiger partial charge is 0.497 e. The minimum atomic E-state index is -0.393. The molecule has 2 N–H and O–H groups in total. The molecular weight excluding hydrogens is 366 g/mol. The second kappa shape index (κ2) is 10.1. The number of amides is 2. The van der Waals surface area contributed by atoms with E-state index in [4.69, 9.17) is 4.74 Å². The van der Waals surface area contributed by atoms with Gasteiger partial charge in [0.1, 0.15) is 5.75 Å². The van der Waals surface area contributed by atoms with E-state index in [0.717, 1.165) is 42.1 Å². The maximum absolute atomic E-state index is 13.3. The predicted molar refractivity (Wildman–Crippen MR) is 113 cm³/mol. The molecule has 0 spiro atoms. The van der Waals surface area contributed by atoms with Gasteiger partial charge in [-0.2, -0.15) is 0 Å². The van der Waals surface area contributed by atoms with Gasteiger partial charge in [-0.1, -0.05) is 30.3 Å². The van der Waals surface area contributed by atoms with Crippen molar-refractivity contribution in [2.45, 2.75) is 25.3 Å². The monoisotopic (exact) mass is 396 g/mol. The van der Waals surface area contributed by atoms with E-state index in [-0.39, 0.29) is 18.4 Å². The summed E-state index contributed by atoms with van der Waals surface area (Å²) < 4.78 is 5.14. The zero-order chi connectivity index (χ0) is 20.6. The van der Waals surface area contributed by atoms with Crippen LogP contribution in [0.4, 0.5) is 5.69 Å². The van der Waals surface area contributed by atoms with Gasteiger partial charge in [-0.05, 0) is 43.5 Å². The molecule has 0 bridgehead atoms. The summed E-state index contributed by atoms with van der Waals surface area (Å²) in [6.07, 6.45) is 3.27. The number of carbonyl (C=O) groups is 2. The molecule has 2 amide bonds. The summed E-state index contributed by atoms with van der Waals surface area (Å²) in [5.74, 6) is 0.715. The van der Waals surface area contributed by atoms with E-state index in [9.17, 15) is 9.59 Å². The average molecular weight is 397 g/mol. The highest BCUT2D eigenvalue weighted by atomic mass is 16.5. The SMILES string of the molecule is COc1ccc(NC(=O)C[NH+](C)[C@H](C(=O)N2CCCCC2)c2ccccc2)cc1. The van der Waals surface area contributed by atoms with Gasteiger partial charge in [0.25, 0.3) is 11.8 Å². The number of anilines is 1. The average Bonchev–Trinajstić information content (AvgIpc) is 2.75. The number of quaternary nitrogens is 1. The van der Waals surface area contributed by atoms with Crippen LogP contribution in [0.25, 0.3) is 0 Å². The van der Waals surface area contributed by atoms with Gasteiger partial charge in [-0.15, -0.1) is 0 Å². The zero-order valence-electron chi connectivity index (χ0n) is 17.2. The van der Waals surface area contributed by atoms with E-state index >= 15 is 0 Å². The second-order valence-electron chi connectivity index (χ2n) is 7.53. The number of piperidine rings is 1. The second-order valence-corrected chi connectivity index (χ2v) is 7.53. The van der Waals surface area contributed by atoms with Crippen LogP contribution in [0.5, 0.6) is 5.75 Å². The van der Waals surface area contributed by atoms with Gasteiger partial charge in [-0.3, -0.25) is 9.59 Å². The van der Waals surface area contributed by atoms with Crippen molar-refractivity contribution in [3.8, 4) is 5.75 Å². The number of nitrogens with zero attached hydrogens (tertiary/aromatic N) is 1. The lowest BCUT2D eigenvalue weighted by Gasteiger charge is -2.32. The van der Waals surface area contributed by atoms with Crippen molar-refractivity contribution in [1.29, 1.82) is 0 Å². The number of nitrogens with one attached hydrogen (secondary N) is 2. The number of hydrogen-bond acceptors (Lipinski definition) is 3. The van der Waals surface area contributed by atoms with Crippen LogP contribution < -0.4 is 15.0 Å². The molecule has 2 aromatic carbocycles. The van der Waals surface area contributed by atoms with Crippen molar-refractivity contribution in [3.05, 3.63) is 60.2 Å². The highest BCUT2D eigenvalue weighted by molar-refractivity contribution is 5.91. The molecule has 1 unspecified atom stereocenters. The first kappa shape index (κ1) is 20.9. The number of likely N-dealkylation sites (tertiary alicyclic amines) is 1. The standard InChI is InChI=1S/C23H29N3O3/c1-25(17-21(27)24-19-11-13-20(29-2)14-12-19)22(18-9-5-3-6-10-18)23(28)26-15-7-4-8-16-26/h3,5-6,9-14,22H,4,7-8,15-17H2,1-2H3,(H,24,27)/p+1/t22-/m0/s1. The predicted octanol–water partition coefficient (Wildman–Crippen LogP) is 1.90. The maximum Gasteiger partial charge on any atom is 0.285 e. The molecule has 1 saturated heterocycles. The molecule has 0 saturated carbocycles. The number of carbonyl (C=O) groups excluding carboxylic acids is 2. The molecule has 2 aromatic rings. The number of rotatable bonds is 7. The van der Waals surface area contributed by atoms with Crippen LogP contribution >= 0.6 is 0 Å². The summed E-state index contributed by atoms with van der Waals surface area (Å²) in [4.78, 5) is 28.7. The highest BCUT2D eigenvalue weighted by Gasteiger charge is 2.34. The molecule has 3 rings (SSSR count). The summed E-state index contributed by atoms with van der Waals surface area (Å²) in [6.45, 7) is 1.80. The smallest absolute Gasteiger partial charge is 0.285 e. The van der Waals surface area contributed by atoms with Crippen molar-refractivity contribution in [2.24, 2.45) is 0 Å². The van der Waals surface area contributed by atoms with E-state index in [0.29, 0.717) is 5.69 Å². The molecule has 6 nitrogen and oxygen atoms in total. The Bertz CT molecular complexity index is 802. The minimum Gasteiger partial charge on any atom is -0.497 e. The summed E-state index contributed by atoms with van der Waals surface area (Å²) in [5.41, 5.74) is 1.65. The minimum absolute atomic E-state index is 0.102. The van der Waals surface area contributed by atoms with Crippen molar-refractivity contribution in [2.75, 3.05) is 39.1 Å². The Morgan fingerprint density at radius 2 is 1.69 bits per heavy atom. The van der Waals surface area contributed by atoms with Gasteiger partial charge in [-0.25, -0.2) is 0 Å². The Balaban J connectivity index is 1.70.